The first-order valence-electron chi connectivity index (χ1n) is 11.0. The van der Waals surface area contributed by atoms with Crippen LogP contribution in [0.1, 0.15) is 63.9 Å². The van der Waals surface area contributed by atoms with Crippen molar-refractivity contribution in [1.82, 2.24) is 4.98 Å². The molecule has 6 heteroatoms. The van der Waals surface area contributed by atoms with Crippen LogP contribution in [0.15, 0.2) is 47.6 Å². The van der Waals surface area contributed by atoms with Crippen LogP contribution in [0.3, 0.4) is 0 Å². The van der Waals surface area contributed by atoms with Crippen molar-refractivity contribution in [2.75, 3.05) is 23.0 Å². The molecule has 1 heterocycles. The summed E-state index contributed by atoms with van der Waals surface area (Å²) in [5.74, 6) is 0. The van der Waals surface area contributed by atoms with Gasteiger partial charge in [0.05, 0.1) is 16.4 Å². The number of thiazole rings is 1. The maximum absolute atomic E-state index is 6.09. The number of para-hydroxylation sites is 1. The Balaban J connectivity index is 1.66. The second-order valence-corrected chi connectivity index (χ2v) is 8.70. The van der Waals surface area contributed by atoms with Crippen LogP contribution in [0.2, 0.25) is 0 Å². The zero-order chi connectivity index (χ0) is 21.2. The lowest BCUT2D eigenvalue weighted by Gasteiger charge is -2.16. The number of fused-ring (bicyclic) bond motifs is 1. The number of benzene rings is 2. The molecule has 30 heavy (non-hydrogen) atoms. The van der Waals surface area contributed by atoms with Gasteiger partial charge in [0.2, 0.25) is 5.13 Å². The Hall–Kier alpha value is -2.60. The lowest BCUT2D eigenvalue weighted by atomic mass is 10.1. The van der Waals surface area contributed by atoms with Crippen molar-refractivity contribution in [2.45, 2.75) is 58.3 Å². The fourth-order valence-electron chi connectivity index (χ4n) is 3.41. The van der Waals surface area contributed by atoms with Crippen LogP contribution < -0.4 is 16.5 Å². The quantitative estimate of drug-likeness (QED) is 0.152. The van der Waals surface area contributed by atoms with Crippen LogP contribution in [-0.4, -0.2) is 17.7 Å². The Morgan fingerprint density at radius 1 is 0.967 bits per heavy atom. The molecule has 0 fully saturated rings. The van der Waals surface area contributed by atoms with E-state index in [1.165, 1.54) is 49.6 Å². The maximum atomic E-state index is 6.09. The summed E-state index contributed by atoms with van der Waals surface area (Å²) in [5, 5.41) is 7.66. The monoisotopic (exact) mass is 423 g/mol. The Bertz CT molecular complexity index is 917. The summed E-state index contributed by atoms with van der Waals surface area (Å²) in [4.78, 5) is 4.79. The molecule has 3 rings (SSSR count). The predicted molar refractivity (Wildman–Crippen MR) is 132 cm³/mol. The van der Waals surface area contributed by atoms with Gasteiger partial charge in [0.1, 0.15) is 0 Å². The first-order valence-corrected chi connectivity index (χ1v) is 11.8. The van der Waals surface area contributed by atoms with Crippen LogP contribution in [0.25, 0.3) is 10.2 Å². The highest BCUT2D eigenvalue weighted by molar-refractivity contribution is 7.22. The lowest BCUT2D eigenvalue weighted by Crippen LogP contribution is -2.18. The van der Waals surface area contributed by atoms with Crippen molar-refractivity contribution >= 4 is 44.3 Å². The summed E-state index contributed by atoms with van der Waals surface area (Å²) in [5.41, 5.74) is 15.2. The van der Waals surface area contributed by atoms with E-state index in [-0.39, 0.29) is 0 Å². The van der Waals surface area contributed by atoms with E-state index in [0.717, 1.165) is 29.2 Å². The average molecular weight is 424 g/mol. The number of rotatable bonds is 12. The van der Waals surface area contributed by atoms with Crippen molar-refractivity contribution in [3.8, 4) is 0 Å². The van der Waals surface area contributed by atoms with Crippen molar-refractivity contribution in [3.05, 3.63) is 48.0 Å². The zero-order valence-electron chi connectivity index (χ0n) is 17.9. The van der Waals surface area contributed by atoms with Gasteiger partial charge >= 0.3 is 0 Å². The van der Waals surface area contributed by atoms with Gasteiger partial charge in [-0.1, -0.05) is 75.3 Å². The molecule has 0 radical (unpaired) electrons. The van der Waals surface area contributed by atoms with E-state index in [1.807, 2.05) is 35.3 Å². The number of nitrogen functional groups attached to an aromatic ring is 2. The molecular formula is C24H33N5S. The van der Waals surface area contributed by atoms with Crippen molar-refractivity contribution in [3.63, 3.8) is 0 Å². The van der Waals surface area contributed by atoms with E-state index in [0.29, 0.717) is 11.4 Å². The summed E-state index contributed by atoms with van der Waals surface area (Å²) in [7, 11) is 0. The van der Waals surface area contributed by atoms with E-state index in [9.17, 15) is 0 Å². The molecule has 1 aromatic heterocycles. The van der Waals surface area contributed by atoms with Crippen LogP contribution in [0.5, 0.6) is 0 Å². The Kier molecular flexibility index (Phi) is 8.51. The largest absolute Gasteiger partial charge is 0.399 e. The summed E-state index contributed by atoms with van der Waals surface area (Å²) in [6.07, 6.45) is 12.1. The van der Waals surface area contributed by atoms with Gasteiger partial charge in [-0.15, -0.1) is 0 Å². The molecule has 0 saturated heterocycles. The number of hydrogen-bond donors (Lipinski definition) is 2. The third-order valence-electron chi connectivity index (χ3n) is 5.17. The number of anilines is 3. The van der Waals surface area contributed by atoms with E-state index >= 15 is 0 Å². The lowest BCUT2D eigenvalue weighted by molar-refractivity contribution is 0.573. The molecule has 0 atom stereocenters. The van der Waals surface area contributed by atoms with Gasteiger partial charge in [-0.3, -0.25) is 0 Å². The first kappa shape index (κ1) is 22.1. The Morgan fingerprint density at radius 3 is 2.47 bits per heavy atom. The molecule has 2 aromatic carbocycles. The number of nitrogens with two attached hydrogens (primary N) is 2. The topological polar surface area (TPSA) is 80.5 Å². The minimum atomic E-state index is 0.671. The summed E-state index contributed by atoms with van der Waals surface area (Å²) in [6, 6.07) is 13.7. The summed E-state index contributed by atoms with van der Waals surface area (Å²) < 4.78 is 1.17. The fourth-order valence-corrected chi connectivity index (χ4v) is 4.35. The van der Waals surface area contributed by atoms with Crippen LogP contribution in [-0.2, 0) is 0 Å². The molecule has 0 amide bonds. The molecule has 0 aliphatic carbocycles. The van der Waals surface area contributed by atoms with Crippen LogP contribution in [0, 0.1) is 0 Å². The fraction of sp³-hybridized carbons (Fsp3) is 0.417. The van der Waals surface area contributed by atoms with Crippen LogP contribution in [0.4, 0.5) is 16.5 Å². The number of nitrogens with zero attached hydrogens (tertiary/aromatic N) is 3. The molecular weight excluding hydrogens is 390 g/mol. The van der Waals surface area contributed by atoms with Crippen LogP contribution >= 0.6 is 11.3 Å². The van der Waals surface area contributed by atoms with Crippen molar-refractivity contribution < 1.29 is 0 Å². The summed E-state index contributed by atoms with van der Waals surface area (Å²) in [6.45, 7) is 3.10. The van der Waals surface area contributed by atoms with Crippen molar-refractivity contribution in [1.29, 1.82) is 0 Å². The number of unbranched alkanes of at least 4 members (excludes halogenated alkanes) is 7. The van der Waals surface area contributed by atoms with E-state index < -0.39 is 0 Å². The number of hydrogen-bond acceptors (Lipinski definition) is 6. The SMILES string of the molecule is CCCCCCCCCCN(/N=C/c1cc(N)ccc1N)c1nc2ccccc2s1. The molecule has 0 aliphatic rings. The molecule has 3 aromatic rings. The minimum absolute atomic E-state index is 0.671. The van der Waals surface area contributed by atoms with E-state index in [4.69, 9.17) is 21.6 Å². The van der Waals surface area contributed by atoms with Gasteiger partial charge in [0, 0.05) is 23.5 Å². The molecule has 160 valence electrons. The highest BCUT2D eigenvalue weighted by atomic mass is 32.1. The number of aromatic nitrogens is 1. The summed E-state index contributed by atoms with van der Waals surface area (Å²) >= 11 is 1.67. The van der Waals surface area contributed by atoms with E-state index in [2.05, 4.69) is 13.0 Å². The normalized spacial score (nSPS) is 11.5. The molecule has 4 N–H and O–H groups in total. The molecule has 0 unspecified atom stereocenters. The van der Waals surface area contributed by atoms with E-state index in [1.54, 1.807) is 23.6 Å². The minimum Gasteiger partial charge on any atom is -0.399 e. The molecule has 0 spiro atoms. The second-order valence-electron chi connectivity index (χ2n) is 7.70. The molecule has 0 aliphatic heterocycles. The third-order valence-corrected chi connectivity index (χ3v) is 6.22. The van der Waals surface area contributed by atoms with Crippen molar-refractivity contribution in [2.24, 2.45) is 5.10 Å². The molecule has 0 saturated carbocycles. The second kappa shape index (κ2) is 11.6. The first-order chi connectivity index (χ1) is 14.7. The van der Waals surface area contributed by atoms with Gasteiger partial charge in [0.25, 0.3) is 0 Å². The maximum Gasteiger partial charge on any atom is 0.207 e. The van der Waals surface area contributed by atoms with Gasteiger partial charge < -0.3 is 11.5 Å². The van der Waals surface area contributed by atoms with Gasteiger partial charge in [-0.2, -0.15) is 5.10 Å². The third kappa shape index (κ3) is 6.46. The van der Waals surface area contributed by atoms with Gasteiger partial charge in [0.15, 0.2) is 0 Å². The highest BCUT2D eigenvalue weighted by Crippen LogP contribution is 2.29. The predicted octanol–water partition coefficient (Wildman–Crippen LogP) is 6.44. The standard InChI is InChI=1S/C24H33N5S/c1-2-3-4-5-6-7-8-11-16-29(24-28-22-12-9-10-13-23(22)30-24)27-18-19-17-20(25)14-15-21(19)26/h9-10,12-15,17-18H,2-8,11,16,25-26H2,1H3/b27-18+. The van der Waals surface area contributed by atoms with Gasteiger partial charge in [-0.05, 0) is 36.8 Å². The smallest absolute Gasteiger partial charge is 0.207 e. The molecule has 0 bridgehead atoms. The number of hydrazone groups is 1. The molecule has 5 nitrogen and oxygen atoms in total. The highest BCUT2D eigenvalue weighted by Gasteiger charge is 2.11. The van der Waals surface area contributed by atoms with Gasteiger partial charge in [-0.25, -0.2) is 9.99 Å². The Labute approximate surface area is 183 Å². The average Bonchev–Trinajstić information content (AvgIpc) is 3.18. The zero-order valence-corrected chi connectivity index (χ0v) is 18.7. The Morgan fingerprint density at radius 2 is 1.70 bits per heavy atom.